The number of nitrogens with one attached hydrogen (secondary N) is 1. The van der Waals surface area contributed by atoms with E-state index < -0.39 is 22.8 Å². The highest BCUT2D eigenvalue weighted by Crippen LogP contribution is 2.37. The van der Waals surface area contributed by atoms with Gasteiger partial charge in [0.15, 0.2) is 28.9 Å². The summed E-state index contributed by atoms with van der Waals surface area (Å²) < 4.78 is 48.8. The number of pyridine rings is 2. The van der Waals surface area contributed by atoms with Crippen LogP contribution in [0.15, 0.2) is 89.9 Å². The Hall–Kier alpha value is -5.59. The second-order valence-corrected chi connectivity index (χ2v) is 12.8. The van der Waals surface area contributed by atoms with Gasteiger partial charge in [0.1, 0.15) is 5.82 Å². The molecule has 0 radical (unpaired) electrons. The molecule has 0 unspecified atom stereocenters. The number of morpholine rings is 1. The van der Waals surface area contributed by atoms with E-state index in [-0.39, 0.29) is 35.8 Å². The number of hydrogen-bond acceptors (Lipinski definition) is 9. The van der Waals surface area contributed by atoms with Gasteiger partial charge in [-0.05, 0) is 61.6 Å². The average Bonchev–Trinajstić information content (AvgIpc) is 3.14. The number of anilines is 3. The number of allylic oxidation sites excluding steroid dienone is 1. The minimum Gasteiger partial charge on any atom is -0.494 e. The van der Waals surface area contributed by atoms with Gasteiger partial charge in [-0.2, -0.15) is 0 Å². The first-order chi connectivity index (χ1) is 25.1. The first-order valence-corrected chi connectivity index (χ1v) is 16.9. The van der Waals surface area contributed by atoms with Gasteiger partial charge in [0.05, 0.1) is 50.6 Å². The summed E-state index contributed by atoms with van der Waals surface area (Å²) in [5.74, 6) is -2.18. The van der Waals surface area contributed by atoms with Crippen molar-refractivity contribution in [1.29, 1.82) is 0 Å². The zero-order valence-electron chi connectivity index (χ0n) is 29.6. The fourth-order valence-corrected chi connectivity index (χ4v) is 6.20. The van der Waals surface area contributed by atoms with E-state index in [0.29, 0.717) is 36.5 Å². The molecular formula is C40H41F2N5O5. The SMILES string of the molecule is COc1cc(OC)c(F)c(-c2cc3cnc(Nc4ccc(N5CCOCC5)cc4)cc3n(Cc3cccc(CC(=O)/C=C/CN(C)C)c3)c2=O)c1F. The fraction of sp³-hybridized carbons (Fsp3) is 0.275. The lowest BCUT2D eigenvalue weighted by Gasteiger charge is -2.28. The number of nitrogens with zero attached hydrogens (tertiary/aromatic N) is 4. The minimum absolute atomic E-state index is 0.0454. The van der Waals surface area contributed by atoms with Gasteiger partial charge < -0.3 is 33.9 Å². The van der Waals surface area contributed by atoms with Crippen LogP contribution in [0.2, 0.25) is 0 Å². The van der Waals surface area contributed by atoms with E-state index in [1.54, 1.807) is 18.3 Å². The Labute approximate surface area is 300 Å². The van der Waals surface area contributed by atoms with E-state index in [0.717, 1.165) is 41.7 Å². The van der Waals surface area contributed by atoms with Crippen molar-refractivity contribution in [3.8, 4) is 22.6 Å². The molecule has 0 saturated carbocycles. The molecule has 10 nitrogen and oxygen atoms in total. The Morgan fingerprint density at radius 1 is 0.962 bits per heavy atom. The molecule has 1 N–H and O–H groups in total. The van der Waals surface area contributed by atoms with Gasteiger partial charge >= 0.3 is 0 Å². The molecule has 2 aromatic heterocycles. The number of halogens is 2. The summed E-state index contributed by atoms with van der Waals surface area (Å²) in [7, 11) is 6.35. The summed E-state index contributed by atoms with van der Waals surface area (Å²) >= 11 is 0. The van der Waals surface area contributed by atoms with Gasteiger partial charge in [0, 0.05) is 61.1 Å². The summed E-state index contributed by atoms with van der Waals surface area (Å²) in [5.41, 5.74) is 2.42. The summed E-state index contributed by atoms with van der Waals surface area (Å²) in [4.78, 5) is 35.9. The number of methoxy groups -OCH3 is 2. The van der Waals surface area contributed by atoms with Crippen molar-refractivity contribution in [1.82, 2.24) is 14.5 Å². The van der Waals surface area contributed by atoms with Crippen molar-refractivity contribution in [2.75, 3.05) is 71.4 Å². The zero-order chi connectivity index (χ0) is 36.8. The summed E-state index contributed by atoms with van der Waals surface area (Å²) in [6, 6.07) is 19.6. The number of ketones is 1. The lowest BCUT2D eigenvalue weighted by atomic mass is 10.0. The maximum Gasteiger partial charge on any atom is 0.259 e. The largest absolute Gasteiger partial charge is 0.494 e. The second-order valence-electron chi connectivity index (χ2n) is 12.8. The van der Waals surface area contributed by atoms with Crippen molar-refractivity contribution >= 4 is 33.9 Å². The van der Waals surface area contributed by atoms with Crippen LogP contribution in [0.3, 0.4) is 0 Å². The predicted molar refractivity (Wildman–Crippen MR) is 199 cm³/mol. The van der Waals surface area contributed by atoms with Crippen LogP contribution in [-0.4, -0.2) is 81.4 Å². The highest BCUT2D eigenvalue weighted by molar-refractivity contribution is 5.91. The first kappa shape index (κ1) is 36.2. The fourth-order valence-electron chi connectivity index (χ4n) is 6.20. The molecule has 52 heavy (non-hydrogen) atoms. The van der Waals surface area contributed by atoms with E-state index in [2.05, 4.69) is 15.2 Å². The quantitative estimate of drug-likeness (QED) is 0.143. The minimum atomic E-state index is -1.03. The molecule has 270 valence electrons. The van der Waals surface area contributed by atoms with Crippen LogP contribution in [0, 0.1) is 11.6 Å². The average molecular weight is 710 g/mol. The predicted octanol–water partition coefficient (Wildman–Crippen LogP) is 6.22. The van der Waals surface area contributed by atoms with Crippen molar-refractivity contribution in [2.45, 2.75) is 13.0 Å². The third-order valence-corrected chi connectivity index (χ3v) is 8.82. The van der Waals surface area contributed by atoms with E-state index >= 15 is 8.78 Å². The van der Waals surface area contributed by atoms with Crippen molar-refractivity contribution in [3.05, 3.63) is 118 Å². The number of aromatic nitrogens is 2. The summed E-state index contributed by atoms with van der Waals surface area (Å²) in [6.07, 6.45) is 5.11. The van der Waals surface area contributed by atoms with Crippen molar-refractivity contribution < 1.29 is 27.8 Å². The van der Waals surface area contributed by atoms with E-state index in [9.17, 15) is 9.59 Å². The van der Waals surface area contributed by atoms with Gasteiger partial charge in [-0.3, -0.25) is 9.59 Å². The topological polar surface area (TPSA) is 98.2 Å². The number of hydrogen-bond donors (Lipinski definition) is 1. The molecule has 1 aliphatic rings. The molecule has 0 bridgehead atoms. The Morgan fingerprint density at radius 3 is 2.33 bits per heavy atom. The number of benzene rings is 3. The van der Waals surface area contributed by atoms with Gasteiger partial charge in [-0.15, -0.1) is 0 Å². The number of ether oxygens (including phenoxy) is 3. The Morgan fingerprint density at radius 2 is 1.65 bits per heavy atom. The maximum absolute atomic E-state index is 15.8. The molecule has 1 aliphatic heterocycles. The van der Waals surface area contributed by atoms with Crippen LogP contribution in [-0.2, 0) is 22.5 Å². The Bertz CT molecular complexity index is 2130. The molecule has 1 fully saturated rings. The lowest BCUT2D eigenvalue weighted by molar-refractivity contribution is -0.114. The molecular weight excluding hydrogens is 668 g/mol. The highest BCUT2D eigenvalue weighted by Gasteiger charge is 2.25. The molecule has 6 rings (SSSR count). The number of carbonyl (C=O) groups is 1. The lowest BCUT2D eigenvalue weighted by Crippen LogP contribution is -2.36. The smallest absolute Gasteiger partial charge is 0.259 e. The molecule has 5 aromatic rings. The van der Waals surface area contributed by atoms with Crippen LogP contribution in [0.5, 0.6) is 11.5 Å². The Kier molecular flexibility index (Phi) is 11.3. The van der Waals surface area contributed by atoms with Crippen molar-refractivity contribution in [3.63, 3.8) is 0 Å². The Balaban J connectivity index is 1.41. The normalized spacial score (nSPS) is 13.2. The third kappa shape index (κ3) is 8.14. The molecule has 0 aliphatic carbocycles. The molecule has 3 heterocycles. The molecule has 12 heteroatoms. The van der Waals surface area contributed by atoms with Gasteiger partial charge in [0.2, 0.25) is 0 Å². The van der Waals surface area contributed by atoms with Gasteiger partial charge in [-0.25, -0.2) is 13.8 Å². The number of carbonyl (C=O) groups excluding carboxylic acids is 1. The van der Waals surface area contributed by atoms with E-state index in [1.807, 2.05) is 73.6 Å². The van der Waals surface area contributed by atoms with Crippen LogP contribution in [0.25, 0.3) is 22.0 Å². The molecule has 0 spiro atoms. The third-order valence-electron chi connectivity index (χ3n) is 8.82. The van der Waals surface area contributed by atoms with Gasteiger partial charge in [-0.1, -0.05) is 30.3 Å². The molecule has 0 atom stereocenters. The van der Waals surface area contributed by atoms with E-state index in [1.165, 1.54) is 24.9 Å². The zero-order valence-corrected chi connectivity index (χ0v) is 29.6. The number of fused-ring (bicyclic) bond motifs is 1. The monoisotopic (exact) mass is 709 g/mol. The number of likely N-dealkylation sites (N-methyl/N-ethyl adjacent to an activating group) is 1. The van der Waals surface area contributed by atoms with Crippen LogP contribution >= 0.6 is 0 Å². The summed E-state index contributed by atoms with van der Waals surface area (Å²) in [6.45, 7) is 3.70. The van der Waals surface area contributed by atoms with E-state index in [4.69, 9.17) is 14.2 Å². The summed E-state index contributed by atoms with van der Waals surface area (Å²) in [5, 5.41) is 3.79. The molecule has 1 saturated heterocycles. The van der Waals surface area contributed by atoms with Crippen LogP contribution in [0.4, 0.5) is 26.0 Å². The van der Waals surface area contributed by atoms with Crippen LogP contribution < -0.4 is 25.2 Å². The first-order valence-electron chi connectivity index (χ1n) is 16.9. The second kappa shape index (κ2) is 16.2. The number of rotatable bonds is 13. The maximum atomic E-state index is 15.8. The van der Waals surface area contributed by atoms with Crippen molar-refractivity contribution in [2.24, 2.45) is 0 Å². The van der Waals surface area contributed by atoms with Gasteiger partial charge in [0.25, 0.3) is 5.56 Å². The van der Waals surface area contributed by atoms with Crippen LogP contribution in [0.1, 0.15) is 11.1 Å². The highest BCUT2D eigenvalue weighted by atomic mass is 19.1. The molecule has 0 amide bonds. The molecule has 3 aromatic carbocycles. The standard InChI is InChI=1S/C40H41F2N5O5/c1-45(2)14-6-9-31(48)20-26-7-5-8-27(19-26)25-47-33-22-36(44-29-10-12-30(13-11-29)46-15-17-52-18-16-46)43-24-28(33)21-32(40(47)49)37-38(41)34(50-3)23-35(51-4)39(37)42/h5-13,19,21-24H,14-18,20,25H2,1-4H3,(H,43,44)/b9-6+.